The number of nitrogens with zero attached hydrogens (tertiary/aromatic N) is 4. The number of hydrogen-bond donors (Lipinski definition) is 2. The number of aromatic nitrogens is 4. The van der Waals surface area contributed by atoms with E-state index in [1.807, 2.05) is 39.0 Å². The van der Waals surface area contributed by atoms with E-state index in [1.54, 1.807) is 24.3 Å². The summed E-state index contributed by atoms with van der Waals surface area (Å²) in [6.07, 6.45) is 0. The summed E-state index contributed by atoms with van der Waals surface area (Å²) < 4.78 is 2.04. The Labute approximate surface area is 167 Å². The van der Waals surface area contributed by atoms with Crippen LogP contribution in [0.2, 0.25) is 0 Å². The largest absolute Gasteiger partial charge is 0.368 e. The van der Waals surface area contributed by atoms with Gasteiger partial charge in [0.05, 0.1) is 12.2 Å². The van der Waals surface area contributed by atoms with E-state index < -0.39 is 11.6 Å². The van der Waals surface area contributed by atoms with Crippen LogP contribution < -0.4 is 16.3 Å². The maximum absolute atomic E-state index is 12.3. The Morgan fingerprint density at radius 2 is 1.62 bits per heavy atom. The standard InChI is InChI=1S/C20H22N6O3/c1-13-9-14(2)19(15(3)10-13)22-17(27)11-21-18(28)12-25-20(29)26(24-23-25)16-7-5-4-6-8-16/h4-10H,11-12H2,1-3H3,(H,21,28)(H,22,27). The summed E-state index contributed by atoms with van der Waals surface area (Å²) in [7, 11) is 0. The van der Waals surface area contributed by atoms with Crippen LogP contribution in [0, 0.1) is 20.8 Å². The molecular formula is C20H22N6O3. The van der Waals surface area contributed by atoms with E-state index >= 15 is 0 Å². The first kappa shape index (κ1) is 20.0. The highest BCUT2D eigenvalue weighted by Crippen LogP contribution is 2.21. The lowest BCUT2D eigenvalue weighted by Gasteiger charge is -2.13. The zero-order chi connectivity index (χ0) is 21.0. The molecule has 0 unspecified atom stereocenters. The zero-order valence-corrected chi connectivity index (χ0v) is 16.5. The molecule has 0 saturated heterocycles. The first-order valence-electron chi connectivity index (χ1n) is 9.08. The Balaban J connectivity index is 1.58. The average molecular weight is 394 g/mol. The summed E-state index contributed by atoms with van der Waals surface area (Å²) in [5, 5.41) is 12.8. The van der Waals surface area contributed by atoms with E-state index in [0.29, 0.717) is 5.69 Å². The Bertz CT molecular complexity index is 1080. The van der Waals surface area contributed by atoms with Crippen molar-refractivity contribution in [1.82, 2.24) is 25.1 Å². The maximum Gasteiger partial charge on any atom is 0.368 e. The summed E-state index contributed by atoms with van der Waals surface area (Å²) in [4.78, 5) is 36.6. The number of rotatable bonds is 6. The van der Waals surface area contributed by atoms with Gasteiger partial charge in [-0.1, -0.05) is 35.9 Å². The first-order chi connectivity index (χ1) is 13.8. The molecule has 0 atom stereocenters. The third kappa shape index (κ3) is 4.75. The number of amides is 2. The summed E-state index contributed by atoms with van der Waals surface area (Å²) in [5.74, 6) is -0.867. The number of carbonyl (C=O) groups is 2. The number of anilines is 1. The number of nitrogens with one attached hydrogen (secondary N) is 2. The lowest BCUT2D eigenvalue weighted by Crippen LogP contribution is -2.37. The third-order valence-corrected chi connectivity index (χ3v) is 4.32. The van der Waals surface area contributed by atoms with Gasteiger partial charge < -0.3 is 10.6 Å². The Kier molecular flexibility index (Phi) is 5.87. The van der Waals surface area contributed by atoms with Crippen LogP contribution in [0.3, 0.4) is 0 Å². The van der Waals surface area contributed by atoms with E-state index in [4.69, 9.17) is 0 Å². The fourth-order valence-electron chi connectivity index (χ4n) is 3.04. The van der Waals surface area contributed by atoms with Crippen LogP contribution in [0.1, 0.15) is 16.7 Å². The van der Waals surface area contributed by atoms with E-state index in [1.165, 1.54) is 0 Å². The quantitative estimate of drug-likeness (QED) is 0.651. The molecule has 0 spiro atoms. The van der Waals surface area contributed by atoms with Gasteiger partial charge >= 0.3 is 5.69 Å². The molecule has 0 fully saturated rings. The first-order valence-corrected chi connectivity index (χ1v) is 9.08. The lowest BCUT2D eigenvalue weighted by molar-refractivity contribution is -0.124. The molecule has 2 aromatic carbocycles. The average Bonchev–Trinajstić information content (AvgIpc) is 3.04. The summed E-state index contributed by atoms with van der Waals surface area (Å²) in [6.45, 7) is 5.27. The maximum atomic E-state index is 12.3. The summed E-state index contributed by atoms with van der Waals surface area (Å²) in [5.41, 5.74) is 3.75. The van der Waals surface area contributed by atoms with Gasteiger partial charge in [0.1, 0.15) is 6.54 Å². The number of benzene rings is 2. The number of carbonyl (C=O) groups excluding carboxylic acids is 2. The predicted molar refractivity (Wildman–Crippen MR) is 108 cm³/mol. The highest BCUT2D eigenvalue weighted by molar-refractivity contribution is 5.95. The second-order valence-electron chi connectivity index (χ2n) is 6.77. The molecule has 0 aliphatic carbocycles. The van der Waals surface area contributed by atoms with Crippen molar-refractivity contribution in [3.8, 4) is 5.69 Å². The van der Waals surface area contributed by atoms with Gasteiger partial charge in [-0.3, -0.25) is 9.59 Å². The smallest absolute Gasteiger partial charge is 0.345 e. The van der Waals surface area contributed by atoms with Crippen LogP contribution in [0.15, 0.2) is 47.3 Å². The SMILES string of the molecule is Cc1cc(C)c(NC(=O)CNC(=O)Cn2nnn(-c3ccccc3)c2=O)c(C)c1. The molecule has 0 saturated carbocycles. The van der Waals surface area contributed by atoms with E-state index in [-0.39, 0.29) is 19.0 Å². The molecule has 0 radical (unpaired) electrons. The molecular weight excluding hydrogens is 372 g/mol. The van der Waals surface area contributed by atoms with Gasteiger partial charge in [0, 0.05) is 5.69 Å². The molecule has 1 aromatic heterocycles. The van der Waals surface area contributed by atoms with E-state index in [2.05, 4.69) is 21.1 Å². The fraction of sp³-hybridized carbons (Fsp3) is 0.250. The molecule has 3 aromatic rings. The van der Waals surface area contributed by atoms with Crippen LogP contribution in [0.4, 0.5) is 5.69 Å². The normalized spacial score (nSPS) is 10.6. The van der Waals surface area contributed by atoms with Gasteiger partial charge in [-0.05, 0) is 54.5 Å². The summed E-state index contributed by atoms with van der Waals surface area (Å²) >= 11 is 0. The number of aryl methyl sites for hydroxylation is 3. The molecule has 150 valence electrons. The van der Waals surface area contributed by atoms with Gasteiger partial charge in [0.25, 0.3) is 0 Å². The van der Waals surface area contributed by atoms with Crippen LogP contribution in [-0.2, 0) is 16.1 Å². The summed E-state index contributed by atoms with van der Waals surface area (Å²) in [6, 6.07) is 12.7. The molecule has 0 aliphatic rings. The molecule has 2 amide bonds. The Morgan fingerprint density at radius 3 is 2.28 bits per heavy atom. The highest BCUT2D eigenvalue weighted by atomic mass is 16.2. The minimum absolute atomic E-state index is 0.215. The van der Waals surface area contributed by atoms with Gasteiger partial charge in [-0.15, -0.1) is 0 Å². The topological polar surface area (TPSA) is 111 Å². The number of hydrogen-bond acceptors (Lipinski definition) is 5. The minimum atomic E-state index is -0.540. The molecule has 9 heteroatoms. The van der Waals surface area contributed by atoms with Crippen LogP contribution >= 0.6 is 0 Å². The molecule has 9 nitrogen and oxygen atoms in total. The number of para-hydroxylation sites is 1. The van der Waals surface area contributed by atoms with Gasteiger partial charge in [0.2, 0.25) is 11.8 Å². The van der Waals surface area contributed by atoms with E-state index in [0.717, 1.165) is 31.7 Å². The minimum Gasteiger partial charge on any atom is -0.345 e. The van der Waals surface area contributed by atoms with Crippen molar-refractivity contribution >= 4 is 17.5 Å². The Hall–Kier alpha value is -3.75. The third-order valence-electron chi connectivity index (χ3n) is 4.32. The fourth-order valence-corrected chi connectivity index (χ4v) is 3.04. The van der Waals surface area contributed by atoms with Gasteiger partial charge in [-0.2, -0.15) is 9.36 Å². The zero-order valence-electron chi connectivity index (χ0n) is 16.5. The van der Waals surface area contributed by atoms with Crippen molar-refractivity contribution in [1.29, 1.82) is 0 Å². The van der Waals surface area contributed by atoms with Gasteiger partial charge in [-0.25, -0.2) is 4.79 Å². The van der Waals surface area contributed by atoms with Crippen LogP contribution in [-0.4, -0.2) is 38.1 Å². The lowest BCUT2D eigenvalue weighted by atomic mass is 10.1. The molecule has 0 aliphatic heterocycles. The molecule has 2 N–H and O–H groups in total. The predicted octanol–water partition coefficient (Wildman–Crippen LogP) is 1.11. The van der Waals surface area contributed by atoms with Crippen molar-refractivity contribution in [3.63, 3.8) is 0 Å². The monoisotopic (exact) mass is 394 g/mol. The Morgan fingerprint density at radius 1 is 0.966 bits per heavy atom. The van der Waals surface area contributed by atoms with Crippen LogP contribution in [0.5, 0.6) is 0 Å². The van der Waals surface area contributed by atoms with Crippen molar-refractivity contribution in [2.45, 2.75) is 27.3 Å². The van der Waals surface area contributed by atoms with E-state index in [9.17, 15) is 14.4 Å². The molecule has 3 rings (SSSR count). The molecule has 0 bridgehead atoms. The molecule has 29 heavy (non-hydrogen) atoms. The van der Waals surface area contributed by atoms with Crippen LogP contribution in [0.25, 0.3) is 5.69 Å². The van der Waals surface area contributed by atoms with Gasteiger partial charge in [0.15, 0.2) is 0 Å². The highest BCUT2D eigenvalue weighted by Gasteiger charge is 2.14. The van der Waals surface area contributed by atoms with Crippen molar-refractivity contribution in [2.24, 2.45) is 0 Å². The molecule has 1 heterocycles. The van der Waals surface area contributed by atoms with Crippen molar-refractivity contribution in [3.05, 3.63) is 69.6 Å². The number of tetrazole rings is 1. The van der Waals surface area contributed by atoms with Crippen molar-refractivity contribution in [2.75, 3.05) is 11.9 Å². The second kappa shape index (κ2) is 8.51. The second-order valence-corrected chi connectivity index (χ2v) is 6.77. The van der Waals surface area contributed by atoms with Crippen molar-refractivity contribution < 1.29 is 9.59 Å².